The fourth-order valence-electron chi connectivity index (χ4n) is 4.24. The first-order valence-corrected chi connectivity index (χ1v) is 12.7. The van der Waals surface area contributed by atoms with Crippen LogP contribution >= 0.6 is 15.9 Å². The third-order valence-corrected chi connectivity index (χ3v) is 6.98. The number of aryl methyl sites for hydroxylation is 3. The molecule has 0 bridgehead atoms. The topological polar surface area (TPSA) is 103 Å². The highest BCUT2D eigenvalue weighted by molar-refractivity contribution is 9.10. The second-order valence-corrected chi connectivity index (χ2v) is 9.35. The van der Waals surface area contributed by atoms with Crippen LogP contribution in [0.25, 0.3) is 16.4 Å². The van der Waals surface area contributed by atoms with Crippen LogP contribution in [0.4, 0.5) is 5.82 Å². The van der Waals surface area contributed by atoms with E-state index in [9.17, 15) is 4.79 Å². The van der Waals surface area contributed by atoms with E-state index in [1.807, 2.05) is 69.6 Å². The Bertz CT molecular complexity index is 1530. The summed E-state index contributed by atoms with van der Waals surface area (Å²) in [7, 11) is 0. The van der Waals surface area contributed by atoms with Crippen LogP contribution in [0.2, 0.25) is 0 Å². The maximum Gasteiger partial charge on any atom is 0.254 e. The number of amides is 1. The Balaban J connectivity index is 0.00000148. The van der Waals surface area contributed by atoms with Crippen molar-refractivity contribution in [3.8, 4) is 0 Å². The fraction of sp³-hybridized carbons (Fsp3) is 0.259. The SMILES string of the molecule is CC.Cc1cc2nc(Cn3cc(C(=O)NCc4c(C)cc5c(N)nccc5c4C)cn3)cn2cc1Br. The number of pyridine rings is 2. The molecule has 0 aliphatic heterocycles. The quantitative estimate of drug-likeness (QED) is 0.308. The molecule has 9 heteroatoms. The highest BCUT2D eigenvalue weighted by Crippen LogP contribution is 2.28. The molecule has 0 atom stereocenters. The van der Waals surface area contributed by atoms with E-state index in [0.29, 0.717) is 24.5 Å². The summed E-state index contributed by atoms with van der Waals surface area (Å²) in [5, 5.41) is 9.36. The summed E-state index contributed by atoms with van der Waals surface area (Å²) in [4.78, 5) is 21.7. The van der Waals surface area contributed by atoms with Crippen LogP contribution in [-0.2, 0) is 13.1 Å². The molecule has 8 nitrogen and oxygen atoms in total. The van der Waals surface area contributed by atoms with Gasteiger partial charge in [-0.05, 0) is 82.5 Å². The van der Waals surface area contributed by atoms with Gasteiger partial charge in [0, 0.05) is 41.2 Å². The van der Waals surface area contributed by atoms with Crippen LogP contribution in [0, 0.1) is 20.8 Å². The number of benzene rings is 1. The van der Waals surface area contributed by atoms with Crippen molar-refractivity contribution in [2.45, 2.75) is 47.7 Å². The number of rotatable bonds is 5. The van der Waals surface area contributed by atoms with E-state index in [2.05, 4.69) is 36.3 Å². The summed E-state index contributed by atoms with van der Waals surface area (Å²) in [5.74, 6) is 0.342. The molecule has 0 radical (unpaired) electrons. The Kier molecular flexibility index (Phi) is 7.40. The lowest BCUT2D eigenvalue weighted by molar-refractivity contribution is 0.0950. The smallest absolute Gasteiger partial charge is 0.254 e. The summed E-state index contributed by atoms with van der Waals surface area (Å²) in [6, 6.07) is 6.01. The molecular weight excluding hydrogens is 518 g/mol. The molecule has 36 heavy (non-hydrogen) atoms. The first-order valence-electron chi connectivity index (χ1n) is 11.9. The number of nitrogens with zero attached hydrogens (tertiary/aromatic N) is 5. The normalized spacial score (nSPS) is 10.9. The van der Waals surface area contributed by atoms with Gasteiger partial charge >= 0.3 is 0 Å². The molecule has 1 amide bonds. The molecule has 5 aromatic rings. The third kappa shape index (κ3) is 4.97. The van der Waals surface area contributed by atoms with Crippen molar-refractivity contribution in [2.75, 3.05) is 5.73 Å². The number of nitrogen functional groups attached to an aromatic ring is 1. The van der Waals surface area contributed by atoms with Crippen molar-refractivity contribution in [3.63, 3.8) is 0 Å². The van der Waals surface area contributed by atoms with E-state index in [0.717, 1.165) is 48.8 Å². The first-order chi connectivity index (χ1) is 17.3. The van der Waals surface area contributed by atoms with E-state index in [1.54, 1.807) is 23.3 Å². The number of halogens is 1. The minimum Gasteiger partial charge on any atom is -0.383 e. The maximum absolute atomic E-state index is 12.8. The fourth-order valence-corrected chi connectivity index (χ4v) is 4.57. The molecule has 0 saturated heterocycles. The van der Waals surface area contributed by atoms with Crippen LogP contribution in [0.15, 0.2) is 53.7 Å². The third-order valence-electron chi connectivity index (χ3n) is 6.15. The van der Waals surface area contributed by atoms with E-state index in [1.165, 1.54) is 0 Å². The molecule has 3 N–H and O–H groups in total. The van der Waals surface area contributed by atoms with Gasteiger partial charge in [-0.15, -0.1) is 0 Å². The van der Waals surface area contributed by atoms with Gasteiger partial charge in [-0.1, -0.05) is 13.8 Å². The average molecular weight is 548 g/mol. The molecule has 0 spiro atoms. The van der Waals surface area contributed by atoms with Crippen molar-refractivity contribution in [1.29, 1.82) is 0 Å². The zero-order valence-electron chi connectivity index (χ0n) is 21.1. The number of hydrogen-bond acceptors (Lipinski definition) is 5. The van der Waals surface area contributed by atoms with Crippen molar-refractivity contribution in [1.82, 2.24) is 29.5 Å². The van der Waals surface area contributed by atoms with Gasteiger partial charge in [-0.2, -0.15) is 5.10 Å². The standard InChI is InChI=1S/C25H24BrN7O.C2H6/c1-14-6-20-19(4-5-28-24(20)27)16(3)21(14)9-29-25(34)17-8-30-33(10-17)12-18-11-32-13-22(26)15(2)7-23(32)31-18;1-2/h4-8,10-11,13H,9,12H2,1-3H3,(H2,27,28)(H,29,34);1-2H3. The molecule has 1 aromatic carbocycles. The van der Waals surface area contributed by atoms with E-state index < -0.39 is 0 Å². The molecule has 5 rings (SSSR count). The first kappa shape index (κ1) is 25.4. The summed E-state index contributed by atoms with van der Waals surface area (Å²) in [6.07, 6.45) is 8.99. The van der Waals surface area contributed by atoms with Gasteiger partial charge in [0.25, 0.3) is 5.91 Å². The molecular formula is C27H30BrN7O. The summed E-state index contributed by atoms with van der Waals surface area (Å²) < 4.78 is 4.72. The Hall–Kier alpha value is -3.72. The number of hydrogen-bond donors (Lipinski definition) is 2. The molecule has 186 valence electrons. The Morgan fingerprint density at radius 2 is 1.86 bits per heavy atom. The minimum absolute atomic E-state index is 0.172. The van der Waals surface area contributed by atoms with Crippen molar-refractivity contribution < 1.29 is 4.79 Å². The largest absolute Gasteiger partial charge is 0.383 e. The number of fused-ring (bicyclic) bond motifs is 2. The van der Waals surface area contributed by atoms with Gasteiger partial charge in [0.15, 0.2) is 0 Å². The molecule has 0 aliphatic rings. The van der Waals surface area contributed by atoms with Gasteiger partial charge in [0.1, 0.15) is 11.5 Å². The van der Waals surface area contributed by atoms with Crippen molar-refractivity contribution in [3.05, 3.63) is 87.2 Å². The predicted molar refractivity (Wildman–Crippen MR) is 147 cm³/mol. The van der Waals surface area contributed by atoms with Gasteiger partial charge in [-0.3, -0.25) is 9.48 Å². The molecule has 4 aromatic heterocycles. The lowest BCUT2D eigenvalue weighted by Crippen LogP contribution is -2.23. The molecule has 0 fully saturated rings. The number of imidazole rings is 1. The van der Waals surface area contributed by atoms with Crippen LogP contribution in [-0.4, -0.2) is 30.1 Å². The molecule has 4 heterocycles. The van der Waals surface area contributed by atoms with Crippen LogP contribution < -0.4 is 11.1 Å². The number of carbonyl (C=O) groups is 1. The Morgan fingerprint density at radius 1 is 1.08 bits per heavy atom. The Labute approximate surface area is 218 Å². The number of carbonyl (C=O) groups excluding carboxylic acids is 1. The summed E-state index contributed by atoms with van der Waals surface area (Å²) in [6.45, 7) is 11.0. The zero-order chi connectivity index (χ0) is 26.0. The van der Waals surface area contributed by atoms with E-state index in [4.69, 9.17) is 5.73 Å². The number of nitrogens with one attached hydrogen (secondary N) is 1. The lowest BCUT2D eigenvalue weighted by atomic mass is 9.96. The second kappa shape index (κ2) is 10.5. The van der Waals surface area contributed by atoms with E-state index in [-0.39, 0.29) is 5.91 Å². The number of aromatic nitrogens is 5. The molecule has 0 aliphatic carbocycles. The average Bonchev–Trinajstić information content (AvgIpc) is 3.48. The highest BCUT2D eigenvalue weighted by atomic mass is 79.9. The predicted octanol–water partition coefficient (Wildman–Crippen LogP) is 5.35. The number of nitrogens with two attached hydrogens (primary N) is 1. The summed E-state index contributed by atoms with van der Waals surface area (Å²) in [5.41, 5.74) is 12.6. The molecule has 0 saturated carbocycles. The van der Waals surface area contributed by atoms with Gasteiger partial charge < -0.3 is 15.5 Å². The summed E-state index contributed by atoms with van der Waals surface area (Å²) >= 11 is 3.55. The second-order valence-electron chi connectivity index (χ2n) is 8.50. The van der Waals surface area contributed by atoms with Crippen LogP contribution in [0.3, 0.4) is 0 Å². The van der Waals surface area contributed by atoms with Gasteiger partial charge in [0.05, 0.1) is 24.0 Å². The van der Waals surface area contributed by atoms with Crippen molar-refractivity contribution >= 4 is 44.1 Å². The lowest BCUT2D eigenvalue weighted by Gasteiger charge is -2.14. The monoisotopic (exact) mass is 547 g/mol. The minimum atomic E-state index is -0.172. The van der Waals surface area contributed by atoms with Gasteiger partial charge in [-0.25, -0.2) is 9.97 Å². The zero-order valence-corrected chi connectivity index (χ0v) is 22.7. The van der Waals surface area contributed by atoms with Gasteiger partial charge in [0.2, 0.25) is 0 Å². The van der Waals surface area contributed by atoms with E-state index >= 15 is 0 Å². The van der Waals surface area contributed by atoms with Crippen LogP contribution in [0.1, 0.15) is 52.2 Å². The maximum atomic E-state index is 12.8. The van der Waals surface area contributed by atoms with Crippen molar-refractivity contribution in [2.24, 2.45) is 0 Å². The Morgan fingerprint density at radius 3 is 2.64 bits per heavy atom. The number of anilines is 1. The molecule has 0 unspecified atom stereocenters. The highest BCUT2D eigenvalue weighted by Gasteiger charge is 2.14. The van der Waals surface area contributed by atoms with Crippen LogP contribution in [0.5, 0.6) is 0 Å².